The molecular weight excluding hydrogens is 342 g/mol. The van der Waals surface area contributed by atoms with Crippen LogP contribution in [0.3, 0.4) is 0 Å². The molecule has 5 nitrogen and oxygen atoms in total. The van der Waals surface area contributed by atoms with Gasteiger partial charge in [-0.15, -0.1) is 0 Å². The monoisotopic (exact) mass is 383 g/mol. The number of amides is 1. The summed E-state index contributed by atoms with van der Waals surface area (Å²) in [6.07, 6.45) is 9.62. The van der Waals surface area contributed by atoms with Gasteiger partial charge in [-0.05, 0) is 63.2 Å². The molecule has 2 rings (SSSR count). The van der Waals surface area contributed by atoms with E-state index in [1.54, 1.807) is 0 Å². The maximum Gasteiger partial charge on any atom is 0.222 e. The SMILES string of the molecule is CCCOCC1CCC(COCCC(=O)NC2CC(C(=O)CCC)C2)CC1.[HH]. The number of hydrogen-bond acceptors (Lipinski definition) is 4. The zero-order chi connectivity index (χ0) is 19.5. The Morgan fingerprint density at radius 2 is 1.48 bits per heavy atom. The molecule has 0 aromatic carbocycles. The van der Waals surface area contributed by atoms with Gasteiger partial charge in [-0.25, -0.2) is 0 Å². The summed E-state index contributed by atoms with van der Waals surface area (Å²) in [5.74, 6) is 1.94. The van der Waals surface area contributed by atoms with Crippen molar-refractivity contribution in [3.05, 3.63) is 0 Å². The predicted octanol–water partition coefficient (Wildman–Crippen LogP) is 4.14. The molecular formula is C22H41NO4. The van der Waals surface area contributed by atoms with Gasteiger partial charge in [0, 0.05) is 46.0 Å². The second-order valence-electron chi connectivity index (χ2n) is 8.44. The van der Waals surface area contributed by atoms with Crippen molar-refractivity contribution in [3.8, 4) is 0 Å². The van der Waals surface area contributed by atoms with Crippen molar-refractivity contribution in [3.63, 3.8) is 0 Å². The van der Waals surface area contributed by atoms with Crippen molar-refractivity contribution in [1.29, 1.82) is 0 Å². The molecule has 2 aliphatic carbocycles. The first-order chi connectivity index (χ1) is 13.1. The fraction of sp³-hybridized carbons (Fsp3) is 0.909. The summed E-state index contributed by atoms with van der Waals surface area (Å²) in [6.45, 7) is 7.23. The Balaban J connectivity index is 0.00000392. The van der Waals surface area contributed by atoms with Gasteiger partial charge >= 0.3 is 0 Å². The molecule has 0 aliphatic heterocycles. The fourth-order valence-electron chi connectivity index (χ4n) is 4.12. The molecule has 0 atom stereocenters. The van der Waals surface area contributed by atoms with Crippen molar-refractivity contribution in [2.75, 3.05) is 26.4 Å². The molecule has 5 heteroatoms. The smallest absolute Gasteiger partial charge is 0.222 e. The van der Waals surface area contributed by atoms with Gasteiger partial charge in [-0.1, -0.05) is 13.8 Å². The number of nitrogens with one attached hydrogen (secondary N) is 1. The van der Waals surface area contributed by atoms with Crippen LogP contribution in [0.4, 0.5) is 0 Å². The largest absolute Gasteiger partial charge is 0.381 e. The fourth-order valence-corrected chi connectivity index (χ4v) is 4.12. The van der Waals surface area contributed by atoms with E-state index in [4.69, 9.17) is 9.47 Å². The number of hydrogen-bond donors (Lipinski definition) is 1. The molecule has 1 N–H and O–H groups in total. The molecule has 0 radical (unpaired) electrons. The van der Waals surface area contributed by atoms with Crippen LogP contribution in [0.5, 0.6) is 0 Å². The van der Waals surface area contributed by atoms with Crippen molar-refractivity contribution >= 4 is 11.7 Å². The predicted molar refractivity (Wildman–Crippen MR) is 109 cm³/mol. The van der Waals surface area contributed by atoms with E-state index in [0.29, 0.717) is 37.1 Å². The Morgan fingerprint density at radius 1 is 0.889 bits per heavy atom. The van der Waals surface area contributed by atoms with E-state index in [-0.39, 0.29) is 19.3 Å². The highest BCUT2D eigenvalue weighted by atomic mass is 16.5. The summed E-state index contributed by atoms with van der Waals surface area (Å²) in [6, 6.07) is 0.188. The zero-order valence-electron chi connectivity index (χ0n) is 17.3. The van der Waals surface area contributed by atoms with E-state index >= 15 is 0 Å². The third-order valence-corrected chi connectivity index (χ3v) is 5.95. The van der Waals surface area contributed by atoms with E-state index < -0.39 is 0 Å². The molecule has 158 valence electrons. The highest BCUT2D eigenvalue weighted by Crippen LogP contribution is 2.30. The maximum absolute atomic E-state index is 12.0. The van der Waals surface area contributed by atoms with Gasteiger partial charge in [-0.2, -0.15) is 0 Å². The molecule has 2 aliphatic rings. The molecule has 1 amide bonds. The molecule has 0 aromatic heterocycles. The van der Waals surface area contributed by atoms with Gasteiger partial charge in [-0.3, -0.25) is 9.59 Å². The third-order valence-electron chi connectivity index (χ3n) is 5.95. The van der Waals surface area contributed by atoms with E-state index in [9.17, 15) is 9.59 Å². The van der Waals surface area contributed by atoms with Gasteiger partial charge in [0.05, 0.1) is 6.61 Å². The first kappa shape index (κ1) is 22.4. The summed E-state index contributed by atoms with van der Waals surface area (Å²) in [5.41, 5.74) is 0. The van der Waals surface area contributed by atoms with Crippen molar-refractivity contribution < 1.29 is 20.5 Å². The van der Waals surface area contributed by atoms with Crippen LogP contribution in [-0.2, 0) is 19.1 Å². The van der Waals surface area contributed by atoms with Crippen molar-refractivity contribution in [1.82, 2.24) is 5.32 Å². The van der Waals surface area contributed by atoms with Crippen LogP contribution in [0.1, 0.15) is 79.5 Å². The molecule has 2 saturated carbocycles. The molecule has 0 aromatic rings. The normalized spacial score (nSPS) is 27.8. The van der Waals surface area contributed by atoms with Crippen molar-refractivity contribution in [2.45, 2.75) is 84.1 Å². The summed E-state index contributed by atoms with van der Waals surface area (Å²) in [7, 11) is 0. The minimum Gasteiger partial charge on any atom is -0.381 e. The Labute approximate surface area is 166 Å². The first-order valence-electron chi connectivity index (χ1n) is 11.1. The molecule has 0 bridgehead atoms. The topological polar surface area (TPSA) is 64.6 Å². The maximum atomic E-state index is 12.0. The van der Waals surface area contributed by atoms with E-state index in [2.05, 4.69) is 12.2 Å². The first-order valence-corrected chi connectivity index (χ1v) is 11.1. The Kier molecular flexibility index (Phi) is 10.4. The summed E-state index contributed by atoms with van der Waals surface area (Å²) >= 11 is 0. The lowest BCUT2D eigenvalue weighted by molar-refractivity contribution is -0.129. The van der Waals surface area contributed by atoms with E-state index in [1.165, 1.54) is 25.7 Å². The second kappa shape index (κ2) is 12.5. The van der Waals surface area contributed by atoms with Crippen LogP contribution in [0.15, 0.2) is 0 Å². The molecule has 0 spiro atoms. The Bertz CT molecular complexity index is 446. The lowest BCUT2D eigenvalue weighted by Crippen LogP contribution is -2.46. The summed E-state index contributed by atoms with van der Waals surface area (Å²) < 4.78 is 11.4. The number of carbonyl (C=O) groups is 2. The molecule has 0 saturated heterocycles. The highest BCUT2D eigenvalue weighted by Gasteiger charge is 2.34. The van der Waals surface area contributed by atoms with E-state index in [1.807, 2.05) is 6.92 Å². The zero-order valence-corrected chi connectivity index (χ0v) is 17.3. The van der Waals surface area contributed by atoms with Crippen LogP contribution < -0.4 is 5.32 Å². The highest BCUT2D eigenvalue weighted by molar-refractivity contribution is 5.82. The van der Waals surface area contributed by atoms with Crippen molar-refractivity contribution in [2.24, 2.45) is 17.8 Å². The molecule has 0 heterocycles. The Morgan fingerprint density at radius 3 is 2.04 bits per heavy atom. The van der Waals surface area contributed by atoms with Gasteiger partial charge in [0.2, 0.25) is 5.91 Å². The second-order valence-corrected chi connectivity index (χ2v) is 8.44. The molecule has 27 heavy (non-hydrogen) atoms. The molecule has 2 fully saturated rings. The molecule has 0 unspecified atom stereocenters. The van der Waals surface area contributed by atoms with Gasteiger partial charge in [0.15, 0.2) is 0 Å². The minimum absolute atomic E-state index is 0. The summed E-state index contributed by atoms with van der Waals surface area (Å²) in [5, 5.41) is 3.03. The average molecular weight is 384 g/mol. The van der Waals surface area contributed by atoms with Gasteiger partial charge in [0.1, 0.15) is 5.78 Å². The van der Waals surface area contributed by atoms with Crippen LogP contribution in [0, 0.1) is 17.8 Å². The lowest BCUT2D eigenvalue weighted by atomic mass is 9.76. The minimum atomic E-state index is 0. The standard InChI is InChI=1S/C22H39NO4.H2/c1-3-5-21(24)19-13-20(14-19)23-22(25)10-12-27-16-18-8-6-17(7-9-18)15-26-11-4-2;/h17-20H,3-16H2,1-2H3,(H,23,25);1H. The third kappa shape index (κ3) is 8.30. The Hall–Kier alpha value is -0.940. The van der Waals surface area contributed by atoms with Crippen LogP contribution in [-0.4, -0.2) is 44.2 Å². The number of ketones is 1. The van der Waals surface area contributed by atoms with E-state index in [0.717, 1.165) is 45.5 Å². The average Bonchev–Trinajstić information content (AvgIpc) is 2.63. The van der Waals surface area contributed by atoms with Crippen LogP contribution in [0.25, 0.3) is 0 Å². The summed E-state index contributed by atoms with van der Waals surface area (Å²) in [4.78, 5) is 23.7. The quantitative estimate of drug-likeness (QED) is 0.486. The lowest BCUT2D eigenvalue weighted by Gasteiger charge is -2.34. The number of rotatable bonds is 13. The van der Waals surface area contributed by atoms with Crippen LogP contribution >= 0.6 is 0 Å². The van der Waals surface area contributed by atoms with Crippen LogP contribution in [0.2, 0.25) is 0 Å². The number of Topliss-reactive ketones (excluding diaryl/α,β-unsaturated/α-hetero) is 1. The van der Waals surface area contributed by atoms with Gasteiger partial charge < -0.3 is 14.8 Å². The number of ether oxygens (including phenoxy) is 2. The van der Waals surface area contributed by atoms with Gasteiger partial charge in [0.25, 0.3) is 0 Å². The number of carbonyl (C=O) groups excluding carboxylic acids is 2.